The molecule has 3 rings (SSSR count). The summed E-state index contributed by atoms with van der Waals surface area (Å²) in [5.74, 6) is 1.58. The Morgan fingerprint density at radius 3 is 2.57 bits per heavy atom. The zero-order valence-electron chi connectivity index (χ0n) is 14.3. The summed E-state index contributed by atoms with van der Waals surface area (Å²) in [6.45, 7) is 4.89. The molecule has 5 nitrogen and oxygen atoms in total. The Balaban J connectivity index is 1.77. The van der Waals surface area contributed by atoms with Crippen LogP contribution in [0.3, 0.4) is 0 Å². The smallest absolute Gasteiger partial charge is 0.199 e. The van der Waals surface area contributed by atoms with Crippen LogP contribution in [0.25, 0.3) is 0 Å². The summed E-state index contributed by atoms with van der Waals surface area (Å²) in [5, 5.41) is 14.2. The van der Waals surface area contributed by atoms with Crippen molar-refractivity contribution in [2.75, 3.05) is 6.54 Å². The van der Waals surface area contributed by atoms with Gasteiger partial charge in [0, 0.05) is 19.1 Å². The molecular weight excluding hydrogens is 308 g/mol. The number of rotatable bonds is 8. The second-order valence-corrected chi connectivity index (χ2v) is 7.52. The Labute approximate surface area is 144 Å². The molecule has 2 saturated carbocycles. The molecule has 0 amide bonds. The molecule has 2 aliphatic carbocycles. The van der Waals surface area contributed by atoms with Gasteiger partial charge in [0.05, 0.1) is 6.67 Å². The van der Waals surface area contributed by atoms with Gasteiger partial charge in [0.2, 0.25) is 0 Å². The van der Waals surface area contributed by atoms with Gasteiger partial charge in [-0.15, -0.1) is 0 Å². The summed E-state index contributed by atoms with van der Waals surface area (Å²) in [5.41, 5.74) is 0. The van der Waals surface area contributed by atoms with Gasteiger partial charge in [-0.2, -0.15) is 5.10 Å². The minimum atomic E-state index is -0.0390. The molecule has 130 valence electrons. The normalized spacial score (nSPS) is 19.6. The first-order valence-corrected chi connectivity index (χ1v) is 9.65. The number of hydrogen-bond donors (Lipinski definition) is 1. The maximum Gasteiger partial charge on any atom is 0.199 e. The predicted molar refractivity (Wildman–Crippen MR) is 93.6 cm³/mol. The number of nitrogens with zero attached hydrogens (tertiary/aromatic N) is 4. The molecule has 1 heterocycles. The Hall–Kier alpha value is -0.720. The highest BCUT2D eigenvalue weighted by molar-refractivity contribution is 7.71. The highest BCUT2D eigenvalue weighted by atomic mass is 32.1. The van der Waals surface area contributed by atoms with E-state index in [2.05, 4.69) is 16.9 Å². The minimum absolute atomic E-state index is 0.0390. The van der Waals surface area contributed by atoms with E-state index < -0.39 is 0 Å². The van der Waals surface area contributed by atoms with Gasteiger partial charge >= 0.3 is 0 Å². The molecule has 1 aromatic rings. The molecule has 0 bridgehead atoms. The number of hydrogen-bond acceptors (Lipinski definition) is 4. The van der Waals surface area contributed by atoms with Crippen molar-refractivity contribution in [1.29, 1.82) is 0 Å². The third-order valence-electron chi connectivity index (χ3n) is 5.18. The topological polar surface area (TPSA) is 46.2 Å². The molecule has 0 atom stereocenters. The van der Waals surface area contributed by atoms with E-state index in [1.54, 1.807) is 0 Å². The molecular formula is C17H30N4OS. The molecule has 2 aliphatic rings. The third-order valence-corrected chi connectivity index (χ3v) is 5.62. The monoisotopic (exact) mass is 338 g/mol. The van der Waals surface area contributed by atoms with Crippen LogP contribution in [0.1, 0.15) is 64.1 Å². The standard InChI is InChI=1S/C17H30N4OS/c1-2-10-20-16(12-22)18-21(17(20)23)13-19(11-14-8-9-14)15-6-4-3-5-7-15/h14-15,22H,2-13H2,1H3. The fourth-order valence-electron chi connectivity index (χ4n) is 3.72. The van der Waals surface area contributed by atoms with Crippen molar-refractivity contribution >= 4 is 12.2 Å². The van der Waals surface area contributed by atoms with Crippen LogP contribution in [0, 0.1) is 10.7 Å². The van der Waals surface area contributed by atoms with E-state index in [9.17, 15) is 5.11 Å². The Morgan fingerprint density at radius 2 is 1.96 bits per heavy atom. The molecule has 6 heteroatoms. The predicted octanol–water partition coefficient (Wildman–Crippen LogP) is 3.32. The molecule has 0 unspecified atom stereocenters. The molecule has 0 spiro atoms. The average Bonchev–Trinajstić information content (AvgIpc) is 3.35. The van der Waals surface area contributed by atoms with Crippen LogP contribution in [0.15, 0.2) is 0 Å². The Morgan fingerprint density at radius 1 is 1.22 bits per heavy atom. The van der Waals surface area contributed by atoms with Crippen molar-refractivity contribution in [2.45, 2.75) is 84.2 Å². The lowest BCUT2D eigenvalue weighted by Crippen LogP contribution is -2.39. The lowest BCUT2D eigenvalue weighted by atomic mass is 9.94. The van der Waals surface area contributed by atoms with E-state index in [0.717, 1.165) is 30.3 Å². The zero-order valence-corrected chi connectivity index (χ0v) is 15.1. The van der Waals surface area contributed by atoms with Gasteiger partial charge in [0.25, 0.3) is 0 Å². The molecule has 23 heavy (non-hydrogen) atoms. The van der Waals surface area contributed by atoms with Gasteiger partial charge in [0.15, 0.2) is 10.6 Å². The first-order chi connectivity index (χ1) is 11.2. The summed E-state index contributed by atoms with van der Waals surface area (Å²) < 4.78 is 4.69. The van der Waals surface area contributed by atoms with E-state index in [1.165, 1.54) is 51.5 Å². The van der Waals surface area contributed by atoms with Crippen molar-refractivity contribution in [3.63, 3.8) is 0 Å². The van der Waals surface area contributed by atoms with Crippen LogP contribution in [0.5, 0.6) is 0 Å². The van der Waals surface area contributed by atoms with Gasteiger partial charge in [-0.1, -0.05) is 26.2 Å². The van der Waals surface area contributed by atoms with Crippen LogP contribution >= 0.6 is 12.2 Å². The number of aromatic nitrogens is 3. The Kier molecular flexibility index (Phi) is 5.88. The molecule has 0 radical (unpaired) electrons. The van der Waals surface area contributed by atoms with Crippen molar-refractivity contribution in [3.05, 3.63) is 10.6 Å². The largest absolute Gasteiger partial charge is 0.388 e. The number of aliphatic hydroxyl groups is 1. The van der Waals surface area contributed by atoms with Crippen LogP contribution in [0.2, 0.25) is 0 Å². The average molecular weight is 339 g/mol. The minimum Gasteiger partial charge on any atom is -0.388 e. The van der Waals surface area contributed by atoms with E-state index in [4.69, 9.17) is 12.2 Å². The highest BCUT2D eigenvalue weighted by Gasteiger charge is 2.29. The maximum absolute atomic E-state index is 9.56. The quantitative estimate of drug-likeness (QED) is 0.739. The van der Waals surface area contributed by atoms with Crippen LogP contribution < -0.4 is 0 Å². The van der Waals surface area contributed by atoms with Crippen LogP contribution in [-0.2, 0) is 19.8 Å². The van der Waals surface area contributed by atoms with Crippen molar-refractivity contribution in [2.24, 2.45) is 5.92 Å². The molecule has 0 aromatic carbocycles. The summed E-state index contributed by atoms with van der Waals surface area (Å²) in [7, 11) is 0. The first-order valence-electron chi connectivity index (χ1n) is 9.24. The van der Waals surface area contributed by atoms with Crippen molar-refractivity contribution in [1.82, 2.24) is 19.2 Å². The summed E-state index contributed by atoms with van der Waals surface area (Å²) >= 11 is 5.62. The van der Waals surface area contributed by atoms with Gasteiger partial charge in [-0.3, -0.25) is 4.90 Å². The van der Waals surface area contributed by atoms with Gasteiger partial charge in [0.1, 0.15) is 6.61 Å². The summed E-state index contributed by atoms with van der Waals surface area (Å²) in [6, 6.07) is 0.681. The van der Waals surface area contributed by atoms with Gasteiger partial charge < -0.3 is 9.67 Å². The van der Waals surface area contributed by atoms with E-state index in [0.29, 0.717) is 11.9 Å². The summed E-state index contributed by atoms with van der Waals surface area (Å²) in [6.07, 6.45) is 10.5. The molecule has 1 aromatic heterocycles. The first kappa shape index (κ1) is 17.1. The lowest BCUT2D eigenvalue weighted by Gasteiger charge is -2.34. The van der Waals surface area contributed by atoms with Crippen LogP contribution in [0.4, 0.5) is 0 Å². The lowest BCUT2D eigenvalue weighted by molar-refractivity contribution is 0.106. The zero-order chi connectivity index (χ0) is 16.2. The Bertz CT molecular complexity index is 557. The molecule has 1 N–H and O–H groups in total. The van der Waals surface area contributed by atoms with Crippen molar-refractivity contribution in [3.8, 4) is 0 Å². The fraction of sp³-hybridized carbons (Fsp3) is 0.882. The number of aliphatic hydroxyl groups excluding tert-OH is 1. The molecule has 0 aliphatic heterocycles. The second-order valence-electron chi connectivity index (χ2n) is 7.16. The summed E-state index contributed by atoms with van der Waals surface area (Å²) in [4.78, 5) is 2.61. The SMILES string of the molecule is CCCn1c(CO)nn(CN(CC2CC2)C2CCCCC2)c1=S. The van der Waals surface area contributed by atoms with Crippen molar-refractivity contribution < 1.29 is 5.11 Å². The van der Waals surface area contributed by atoms with Gasteiger partial charge in [-0.05, 0) is 50.2 Å². The van der Waals surface area contributed by atoms with E-state index in [-0.39, 0.29) is 6.61 Å². The van der Waals surface area contributed by atoms with E-state index >= 15 is 0 Å². The molecule has 2 fully saturated rings. The van der Waals surface area contributed by atoms with Crippen LogP contribution in [-0.4, -0.2) is 36.9 Å². The van der Waals surface area contributed by atoms with Gasteiger partial charge in [-0.25, -0.2) is 4.68 Å². The second kappa shape index (κ2) is 7.90. The fourth-order valence-corrected chi connectivity index (χ4v) is 4.01. The third kappa shape index (κ3) is 4.22. The highest BCUT2D eigenvalue weighted by Crippen LogP contribution is 2.32. The molecule has 0 saturated heterocycles. The maximum atomic E-state index is 9.56. The van der Waals surface area contributed by atoms with E-state index in [1.807, 2.05) is 9.25 Å².